The highest BCUT2D eigenvalue weighted by Crippen LogP contribution is 2.37. The van der Waals surface area contributed by atoms with Crippen molar-refractivity contribution in [1.29, 1.82) is 0 Å². The van der Waals surface area contributed by atoms with Crippen LogP contribution < -0.4 is 16.4 Å². The van der Waals surface area contributed by atoms with E-state index in [1.807, 2.05) is 6.20 Å². The van der Waals surface area contributed by atoms with E-state index in [2.05, 4.69) is 51.0 Å². The molecule has 1 unspecified atom stereocenters. The molecule has 0 aliphatic carbocycles. The average molecular weight is 183 g/mol. The zero-order valence-corrected chi connectivity index (χ0v) is 9.23. The van der Waals surface area contributed by atoms with Crippen LogP contribution in [-0.4, -0.2) is 0 Å². The van der Waals surface area contributed by atoms with Gasteiger partial charge in [-0.2, -0.15) is 5.53 Å². The summed E-state index contributed by atoms with van der Waals surface area (Å²) in [5.41, 5.74) is 10.4. The summed E-state index contributed by atoms with van der Waals surface area (Å²) in [5.74, 6) is 1.34. The van der Waals surface area contributed by atoms with E-state index in [0.717, 1.165) is 0 Å². The first-order chi connectivity index (χ1) is 5.96. The molecule has 0 fully saturated rings. The summed E-state index contributed by atoms with van der Waals surface area (Å²) in [4.78, 5) is 0. The van der Waals surface area contributed by atoms with Gasteiger partial charge in [0.1, 0.15) is 0 Å². The van der Waals surface area contributed by atoms with Crippen molar-refractivity contribution in [2.45, 2.75) is 34.6 Å². The van der Waals surface area contributed by atoms with Crippen molar-refractivity contribution < 1.29 is 0 Å². The Kier molecular flexibility index (Phi) is 2.86. The largest absolute Gasteiger partial charge is 0.310 e. The Morgan fingerprint density at radius 1 is 1.23 bits per heavy atom. The molecule has 13 heavy (non-hydrogen) atoms. The minimum Gasteiger partial charge on any atom is -0.310 e. The Balaban J connectivity index is 2.74. The molecular formula is C10H21N3. The van der Waals surface area contributed by atoms with E-state index in [1.54, 1.807) is 0 Å². The van der Waals surface area contributed by atoms with E-state index < -0.39 is 0 Å². The fraction of sp³-hybridized carbons (Fsp3) is 0.800. The maximum absolute atomic E-state index is 3.13. The molecule has 0 amide bonds. The molecule has 1 aliphatic rings. The molecule has 1 aliphatic heterocycles. The lowest BCUT2D eigenvalue weighted by atomic mass is 9.72. The summed E-state index contributed by atoms with van der Waals surface area (Å²) in [7, 11) is 0. The first kappa shape index (κ1) is 10.4. The topological polar surface area (TPSA) is 36.1 Å². The third kappa shape index (κ3) is 1.97. The first-order valence-corrected chi connectivity index (χ1v) is 4.93. The van der Waals surface area contributed by atoms with Gasteiger partial charge in [-0.05, 0) is 11.8 Å². The van der Waals surface area contributed by atoms with Crippen LogP contribution in [0.15, 0.2) is 11.9 Å². The van der Waals surface area contributed by atoms with Crippen LogP contribution in [0.4, 0.5) is 0 Å². The van der Waals surface area contributed by atoms with Crippen LogP contribution in [0.2, 0.25) is 0 Å². The van der Waals surface area contributed by atoms with Crippen molar-refractivity contribution in [3.05, 3.63) is 11.9 Å². The fourth-order valence-electron chi connectivity index (χ4n) is 1.67. The summed E-state index contributed by atoms with van der Waals surface area (Å²) in [5, 5.41) is 0. The van der Waals surface area contributed by atoms with Gasteiger partial charge >= 0.3 is 0 Å². The Labute approximate surface area is 80.9 Å². The second-order valence-electron chi connectivity index (χ2n) is 4.71. The number of hydrogen-bond acceptors (Lipinski definition) is 3. The van der Waals surface area contributed by atoms with Gasteiger partial charge in [-0.3, -0.25) is 0 Å². The Morgan fingerprint density at radius 2 is 1.85 bits per heavy atom. The van der Waals surface area contributed by atoms with Gasteiger partial charge in [-0.1, -0.05) is 34.6 Å². The molecule has 1 rings (SSSR count). The van der Waals surface area contributed by atoms with Crippen LogP contribution in [0.3, 0.4) is 0 Å². The molecule has 76 valence electrons. The van der Waals surface area contributed by atoms with Gasteiger partial charge < -0.3 is 10.9 Å². The average Bonchev–Trinajstić information content (AvgIpc) is 2.54. The molecule has 1 heterocycles. The number of allylic oxidation sites excluding steroid dienone is 1. The predicted molar refractivity (Wildman–Crippen MR) is 55.3 cm³/mol. The molecule has 0 aromatic heterocycles. The minimum absolute atomic E-state index is 0.185. The molecule has 0 aromatic rings. The first-order valence-electron chi connectivity index (χ1n) is 4.93. The van der Waals surface area contributed by atoms with Gasteiger partial charge in [0.25, 0.3) is 0 Å². The molecule has 0 spiro atoms. The van der Waals surface area contributed by atoms with Crippen LogP contribution in [-0.2, 0) is 0 Å². The lowest BCUT2D eigenvalue weighted by Crippen LogP contribution is -2.38. The highest BCUT2D eigenvalue weighted by atomic mass is 15.6. The highest BCUT2D eigenvalue weighted by Gasteiger charge is 2.33. The second kappa shape index (κ2) is 3.58. The van der Waals surface area contributed by atoms with Crippen molar-refractivity contribution in [3.63, 3.8) is 0 Å². The van der Waals surface area contributed by atoms with Crippen molar-refractivity contribution in [2.75, 3.05) is 0 Å². The van der Waals surface area contributed by atoms with Crippen LogP contribution in [0.25, 0.3) is 0 Å². The van der Waals surface area contributed by atoms with Gasteiger partial charge in [0.05, 0.1) is 5.70 Å². The SMILES string of the molecule is CC(C)C(C)C(C)(C)C1=CNNN1. The van der Waals surface area contributed by atoms with Gasteiger partial charge in [-0.15, -0.1) is 0 Å². The Morgan fingerprint density at radius 3 is 2.23 bits per heavy atom. The van der Waals surface area contributed by atoms with Gasteiger partial charge in [-0.25, -0.2) is 0 Å². The van der Waals surface area contributed by atoms with Crippen LogP contribution in [0.1, 0.15) is 34.6 Å². The maximum atomic E-state index is 3.13. The summed E-state index contributed by atoms with van der Waals surface area (Å²) in [6, 6.07) is 0. The molecule has 0 radical (unpaired) electrons. The lowest BCUT2D eigenvalue weighted by Gasteiger charge is -2.35. The molecule has 3 N–H and O–H groups in total. The van der Waals surface area contributed by atoms with Crippen molar-refractivity contribution in [1.82, 2.24) is 16.4 Å². The van der Waals surface area contributed by atoms with E-state index >= 15 is 0 Å². The van der Waals surface area contributed by atoms with E-state index in [4.69, 9.17) is 0 Å². The molecule has 0 bridgehead atoms. The zero-order valence-electron chi connectivity index (χ0n) is 9.23. The Bertz CT molecular complexity index is 206. The van der Waals surface area contributed by atoms with Crippen molar-refractivity contribution >= 4 is 0 Å². The zero-order chi connectivity index (χ0) is 10.1. The lowest BCUT2D eigenvalue weighted by molar-refractivity contribution is 0.207. The smallest absolute Gasteiger partial charge is 0.0509 e. The maximum Gasteiger partial charge on any atom is 0.0509 e. The second-order valence-corrected chi connectivity index (χ2v) is 4.71. The van der Waals surface area contributed by atoms with E-state index in [9.17, 15) is 0 Å². The van der Waals surface area contributed by atoms with Crippen LogP contribution in [0.5, 0.6) is 0 Å². The monoisotopic (exact) mass is 183 g/mol. The summed E-state index contributed by atoms with van der Waals surface area (Å²) in [6.07, 6.45) is 2.00. The number of nitrogens with one attached hydrogen (secondary N) is 3. The highest BCUT2D eigenvalue weighted by molar-refractivity contribution is 5.12. The molecule has 0 saturated carbocycles. The number of hydrogen-bond donors (Lipinski definition) is 3. The summed E-state index contributed by atoms with van der Waals surface area (Å²) in [6.45, 7) is 11.4. The van der Waals surface area contributed by atoms with Crippen molar-refractivity contribution in [3.8, 4) is 0 Å². The summed E-state index contributed by atoms with van der Waals surface area (Å²) < 4.78 is 0. The molecule has 1 atom stereocenters. The predicted octanol–water partition coefficient (Wildman–Crippen LogP) is 1.76. The number of hydrazine groups is 2. The quantitative estimate of drug-likeness (QED) is 0.624. The van der Waals surface area contributed by atoms with Crippen LogP contribution >= 0.6 is 0 Å². The molecule has 0 saturated heterocycles. The number of rotatable bonds is 3. The normalized spacial score (nSPS) is 19.4. The fourth-order valence-corrected chi connectivity index (χ4v) is 1.67. The van der Waals surface area contributed by atoms with Gasteiger partial charge in [0, 0.05) is 11.6 Å². The molecule has 0 aromatic carbocycles. The van der Waals surface area contributed by atoms with Gasteiger partial charge in [0.2, 0.25) is 0 Å². The Hall–Kier alpha value is -0.700. The van der Waals surface area contributed by atoms with Crippen molar-refractivity contribution in [2.24, 2.45) is 17.3 Å². The molecule has 3 nitrogen and oxygen atoms in total. The third-order valence-electron chi connectivity index (χ3n) is 3.32. The summed E-state index contributed by atoms with van der Waals surface area (Å²) >= 11 is 0. The van der Waals surface area contributed by atoms with E-state index in [0.29, 0.717) is 11.8 Å². The standard InChI is InChI=1S/C10H21N3/c1-7(2)8(3)10(4,5)9-6-11-13-12-9/h6-8,11-13H,1-5H3. The minimum atomic E-state index is 0.185. The molecular weight excluding hydrogens is 162 g/mol. The van der Waals surface area contributed by atoms with E-state index in [1.165, 1.54) is 5.70 Å². The van der Waals surface area contributed by atoms with Gasteiger partial charge in [0.15, 0.2) is 0 Å². The molecule has 3 heteroatoms. The van der Waals surface area contributed by atoms with E-state index in [-0.39, 0.29) is 5.41 Å². The third-order valence-corrected chi connectivity index (χ3v) is 3.32. The van der Waals surface area contributed by atoms with Crippen LogP contribution in [0, 0.1) is 17.3 Å².